The molecule has 1 N–H and O–H groups in total. The van der Waals surface area contributed by atoms with Crippen LogP contribution in [0.3, 0.4) is 0 Å². The van der Waals surface area contributed by atoms with E-state index < -0.39 is 5.41 Å². The van der Waals surface area contributed by atoms with Crippen molar-refractivity contribution in [3.63, 3.8) is 0 Å². The van der Waals surface area contributed by atoms with E-state index >= 15 is 0 Å². The van der Waals surface area contributed by atoms with Crippen LogP contribution in [0.4, 0.5) is 4.39 Å². The normalized spacial score (nSPS) is 20.3. The SMILES string of the molecule is O=C(NCC1(c2ccc(F)cc2)CCOCC1)C1(c2ccc(Cl)cc2)CCCC1. The zero-order valence-electron chi connectivity index (χ0n) is 16.6. The Kier molecular flexibility index (Phi) is 5.93. The van der Waals surface area contributed by atoms with Gasteiger partial charge in [0.15, 0.2) is 0 Å². The van der Waals surface area contributed by atoms with Gasteiger partial charge in [-0.1, -0.05) is 48.7 Å². The van der Waals surface area contributed by atoms with E-state index in [1.165, 1.54) is 12.1 Å². The van der Waals surface area contributed by atoms with Gasteiger partial charge in [-0.05, 0) is 61.1 Å². The molecule has 2 aromatic carbocycles. The Morgan fingerprint density at radius 2 is 1.52 bits per heavy atom. The summed E-state index contributed by atoms with van der Waals surface area (Å²) < 4.78 is 19.0. The molecule has 29 heavy (non-hydrogen) atoms. The van der Waals surface area contributed by atoms with Crippen LogP contribution in [0.15, 0.2) is 48.5 Å². The lowest BCUT2D eigenvalue weighted by atomic mass is 9.73. The fourth-order valence-electron chi connectivity index (χ4n) is 4.95. The highest BCUT2D eigenvalue weighted by Gasteiger charge is 2.44. The number of hydrogen-bond acceptors (Lipinski definition) is 2. The number of nitrogens with one attached hydrogen (secondary N) is 1. The monoisotopic (exact) mass is 415 g/mol. The highest BCUT2D eigenvalue weighted by atomic mass is 35.5. The molecule has 2 aromatic rings. The van der Waals surface area contributed by atoms with Crippen molar-refractivity contribution in [1.29, 1.82) is 0 Å². The van der Waals surface area contributed by atoms with Crippen molar-refractivity contribution >= 4 is 17.5 Å². The Labute approximate surface area is 176 Å². The molecule has 1 saturated heterocycles. The van der Waals surface area contributed by atoms with Crippen molar-refractivity contribution in [3.05, 3.63) is 70.5 Å². The van der Waals surface area contributed by atoms with E-state index in [-0.39, 0.29) is 17.1 Å². The minimum atomic E-state index is -0.486. The highest BCUT2D eigenvalue weighted by molar-refractivity contribution is 6.30. The molecule has 1 saturated carbocycles. The second kappa shape index (κ2) is 8.45. The van der Waals surface area contributed by atoms with Crippen LogP contribution in [0.2, 0.25) is 5.02 Å². The third kappa shape index (κ3) is 4.06. The van der Waals surface area contributed by atoms with Crippen LogP contribution in [0, 0.1) is 5.82 Å². The van der Waals surface area contributed by atoms with Gasteiger partial charge >= 0.3 is 0 Å². The van der Waals surface area contributed by atoms with Crippen LogP contribution in [0.5, 0.6) is 0 Å². The van der Waals surface area contributed by atoms with Gasteiger partial charge in [-0.2, -0.15) is 0 Å². The van der Waals surface area contributed by atoms with E-state index in [9.17, 15) is 9.18 Å². The van der Waals surface area contributed by atoms with E-state index in [1.54, 1.807) is 0 Å². The predicted octanol–water partition coefficient (Wildman–Crippen LogP) is 5.16. The molecule has 0 unspecified atom stereocenters. The summed E-state index contributed by atoms with van der Waals surface area (Å²) >= 11 is 6.06. The van der Waals surface area contributed by atoms with E-state index in [0.29, 0.717) is 24.8 Å². The molecule has 0 aromatic heterocycles. The molecule has 0 atom stereocenters. The molecule has 154 valence electrons. The van der Waals surface area contributed by atoms with Gasteiger partial charge in [0.1, 0.15) is 5.82 Å². The number of benzene rings is 2. The number of hydrogen-bond donors (Lipinski definition) is 1. The molecule has 2 aliphatic rings. The summed E-state index contributed by atoms with van der Waals surface area (Å²) in [6, 6.07) is 14.4. The third-order valence-electron chi connectivity index (χ3n) is 6.78. The van der Waals surface area contributed by atoms with E-state index in [4.69, 9.17) is 16.3 Å². The lowest BCUT2D eigenvalue weighted by Gasteiger charge is -2.39. The maximum Gasteiger partial charge on any atom is 0.230 e. The van der Waals surface area contributed by atoms with Crippen LogP contribution < -0.4 is 5.32 Å². The van der Waals surface area contributed by atoms with E-state index in [1.807, 2.05) is 36.4 Å². The highest BCUT2D eigenvalue weighted by Crippen LogP contribution is 2.42. The summed E-state index contributed by atoms with van der Waals surface area (Å²) in [7, 11) is 0. The number of rotatable bonds is 5. The van der Waals surface area contributed by atoms with Crippen LogP contribution in [0.1, 0.15) is 49.7 Å². The standard InChI is InChI=1S/C24H27ClFNO2/c25-20-7-3-19(4-8-20)24(11-1-2-12-24)22(28)27-17-23(13-15-29-16-14-23)18-5-9-21(26)10-6-18/h3-10H,1-2,11-17H2,(H,27,28). The average Bonchev–Trinajstić information content (AvgIpc) is 3.25. The summed E-state index contributed by atoms with van der Waals surface area (Å²) in [4.78, 5) is 13.5. The lowest BCUT2D eigenvalue weighted by Crippen LogP contribution is -2.50. The Bertz CT molecular complexity index is 838. The zero-order chi connectivity index (χ0) is 20.3. The average molecular weight is 416 g/mol. The summed E-state index contributed by atoms with van der Waals surface area (Å²) in [5.74, 6) is -0.155. The van der Waals surface area contributed by atoms with Gasteiger partial charge in [0.2, 0.25) is 5.91 Å². The van der Waals surface area contributed by atoms with Gasteiger partial charge in [-0.15, -0.1) is 0 Å². The zero-order valence-corrected chi connectivity index (χ0v) is 17.3. The summed E-state index contributed by atoms with van der Waals surface area (Å²) in [6.07, 6.45) is 5.43. The molecule has 0 radical (unpaired) electrons. The maximum atomic E-state index is 13.5. The number of carbonyl (C=O) groups is 1. The molecular formula is C24H27ClFNO2. The van der Waals surface area contributed by atoms with Crippen molar-refractivity contribution in [2.45, 2.75) is 49.4 Å². The first-order valence-corrected chi connectivity index (χ1v) is 10.8. The van der Waals surface area contributed by atoms with E-state index in [0.717, 1.165) is 49.7 Å². The Hall–Kier alpha value is -1.91. The summed E-state index contributed by atoms with van der Waals surface area (Å²) in [5.41, 5.74) is 1.40. The fraction of sp³-hybridized carbons (Fsp3) is 0.458. The first kappa shape index (κ1) is 20.4. The number of halogens is 2. The minimum Gasteiger partial charge on any atom is -0.381 e. The van der Waals surface area contributed by atoms with Crippen LogP contribution in [0.25, 0.3) is 0 Å². The molecule has 1 heterocycles. The second-order valence-corrected chi connectivity index (χ2v) is 8.81. The second-order valence-electron chi connectivity index (χ2n) is 8.38. The quantitative estimate of drug-likeness (QED) is 0.732. The molecule has 4 rings (SSSR count). The van der Waals surface area contributed by atoms with Crippen molar-refractivity contribution in [1.82, 2.24) is 5.32 Å². The molecule has 1 aliphatic carbocycles. The summed E-state index contributed by atoms with van der Waals surface area (Å²) in [5, 5.41) is 3.96. The van der Waals surface area contributed by atoms with Gasteiger partial charge in [-0.3, -0.25) is 4.79 Å². The Morgan fingerprint density at radius 3 is 2.14 bits per heavy atom. The van der Waals surface area contributed by atoms with Crippen molar-refractivity contribution < 1.29 is 13.9 Å². The van der Waals surface area contributed by atoms with Crippen molar-refractivity contribution in [2.24, 2.45) is 0 Å². The topological polar surface area (TPSA) is 38.3 Å². The van der Waals surface area contributed by atoms with Gasteiger partial charge < -0.3 is 10.1 Å². The molecule has 1 amide bonds. The van der Waals surface area contributed by atoms with Gasteiger partial charge in [0, 0.05) is 30.2 Å². The van der Waals surface area contributed by atoms with Crippen LogP contribution in [-0.2, 0) is 20.4 Å². The molecule has 3 nitrogen and oxygen atoms in total. The molecule has 1 aliphatic heterocycles. The number of amides is 1. The first-order chi connectivity index (χ1) is 14.0. The smallest absolute Gasteiger partial charge is 0.230 e. The third-order valence-corrected chi connectivity index (χ3v) is 7.03. The molecular weight excluding hydrogens is 389 g/mol. The van der Waals surface area contributed by atoms with Crippen molar-refractivity contribution in [2.75, 3.05) is 19.8 Å². The van der Waals surface area contributed by atoms with Gasteiger partial charge in [-0.25, -0.2) is 4.39 Å². The van der Waals surface area contributed by atoms with Gasteiger partial charge in [0.25, 0.3) is 0 Å². The molecule has 0 spiro atoms. The lowest BCUT2D eigenvalue weighted by molar-refractivity contribution is -0.127. The molecule has 2 fully saturated rings. The van der Waals surface area contributed by atoms with Crippen LogP contribution >= 0.6 is 11.6 Å². The van der Waals surface area contributed by atoms with Gasteiger partial charge in [0.05, 0.1) is 5.41 Å². The molecule has 5 heteroatoms. The largest absolute Gasteiger partial charge is 0.381 e. The summed E-state index contributed by atoms with van der Waals surface area (Å²) in [6.45, 7) is 1.83. The molecule has 0 bridgehead atoms. The fourth-order valence-corrected chi connectivity index (χ4v) is 5.07. The van der Waals surface area contributed by atoms with Crippen LogP contribution in [-0.4, -0.2) is 25.7 Å². The maximum absolute atomic E-state index is 13.5. The minimum absolute atomic E-state index is 0.0882. The predicted molar refractivity (Wildman–Crippen MR) is 113 cm³/mol. The Balaban J connectivity index is 1.57. The van der Waals surface area contributed by atoms with Crippen molar-refractivity contribution in [3.8, 4) is 0 Å². The Morgan fingerprint density at radius 1 is 0.931 bits per heavy atom. The van der Waals surface area contributed by atoms with E-state index in [2.05, 4.69) is 5.32 Å². The first-order valence-electron chi connectivity index (χ1n) is 10.4. The number of carbonyl (C=O) groups excluding carboxylic acids is 1. The number of ether oxygens (including phenoxy) is 1.